The number of amides is 1. The summed E-state index contributed by atoms with van der Waals surface area (Å²) < 4.78 is 1.04. The van der Waals surface area contributed by atoms with Crippen LogP contribution in [0.3, 0.4) is 0 Å². The summed E-state index contributed by atoms with van der Waals surface area (Å²) in [5.41, 5.74) is 6.75. The molecule has 1 aromatic carbocycles. The highest BCUT2D eigenvalue weighted by Crippen LogP contribution is 2.14. The lowest BCUT2D eigenvalue weighted by molar-refractivity contribution is -0.131. The number of hydrogen-bond acceptors (Lipinski definition) is 2. The number of rotatable bonds is 6. The minimum Gasteiger partial charge on any atom is -0.341 e. The standard InChI is InChI=1S/C14H21BrN2O/c1-3-11(9-16)8-14(18)17(2)10-12-5-4-6-13(15)7-12/h4-7,11H,3,8-10,16H2,1-2H3. The maximum Gasteiger partial charge on any atom is 0.222 e. The molecule has 3 nitrogen and oxygen atoms in total. The van der Waals surface area contributed by atoms with Crippen LogP contribution in [0.2, 0.25) is 0 Å². The average Bonchev–Trinajstić information content (AvgIpc) is 2.35. The fourth-order valence-electron chi connectivity index (χ4n) is 1.79. The van der Waals surface area contributed by atoms with Crippen molar-refractivity contribution in [2.45, 2.75) is 26.3 Å². The van der Waals surface area contributed by atoms with Crippen molar-refractivity contribution in [3.8, 4) is 0 Å². The third-order valence-electron chi connectivity index (χ3n) is 3.11. The topological polar surface area (TPSA) is 46.3 Å². The molecule has 0 aliphatic carbocycles. The molecule has 0 spiro atoms. The fourth-order valence-corrected chi connectivity index (χ4v) is 2.24. The van der Waals surface area contributed by atoms with Gasteiger partial charge in [0.05, 0.1) is 0 Å². The average molecular weight is 313 g/mol. The molecule has 0 aliphatic rings. The molecule has 0 radical (unpaired) electrons. The third kappa shape index (κ3) is 4.78. The summed E-state index contributed by atoms with van der Waals surface area (Å²) in [6, 6.07) is 8.01. The molecule has 1 atom stereocenters. The van der Waals surface area contributed by atoms with Crippen LogP contribution in [-0.4, -0.2) is 24.4 Å². The Morgan fingerprint density at radius 1 is 1.50 bits per heavy atom. The predicted octanol–water partition coefficient (Wildman–Crippen LogP) is 2.78. The molecule has 1 amide bonds. The molecule has 1 rings (SSSR count). The highest BCUT2D eigenvalue weighted by molar-refractivity contribution is 9.10. The Balaban J connectivity index is 2.54. The minimum absolute atomic E-state index is 0.160. The Morgan fingerprint density at radius 3 is 2.78 bits per heavy atom. The van der Waals surface area contributed by atoms with Gasteiger partial charge in [0, 0.05) is 24.5 Å². The van der Waals surface area contributed by atoms with E-state index in [1.54, 1.807) is 4.90 Å². The lowest BCUT2D eigenvalue weighted by atomic mass is 10.0. The van der Waals surface area contributed by atoms with Gasteiger partial charge in [0.25, 0.3) is 0 Å². The van der Waals surface area contributed by atoms with Gasteiger partial charge < -0.3 is 10.6 Å². The van der Waals surface area contributed by atoms with Gasteiger partial charge in [-0.15, -0.1) is 0 Å². The SMILES string of the molecule is CCC(CN)CC(=O)N(C)Cc1cccc(Br)c1. The van der Waals surface area contributed by atoms with Crippen LogP contribution in [0.25, 0.3) is 0 Å². The first-order valence-electron chi connectivity index (χ1n) is 6.25. The van der Waals surface area contributed by atoms with Crippen LogP contribution in [0.4, 0.5) is 0 Å². The van der Waals surface area contributed by atoms with Gasteiger partial charge in [-0.1, -0.05) is 41.4 Å². The van der Waals surface area contributed by atoms with E-state index >= 15 is 0 Å². The number of carbonyl (C=O) groups excluding carboxylic acids is 1. The first-order chi connectivity index (χ1) is 8.56. The smallest absolute Gasteiger partial charge is 0.222 e. The first-order valence-corrected chi connectivity index (χ1v) is 7.04. The molecular formula is C14H21BrN2O. The zero-order chi connectivity index (χ0) is 13.5. The van der Waals surface area contributed by atoms with Gasteiger partial charge in [-0.3, -0.25) is 4.79 Å². The van der Waals surface area contributed by atoms with E-state index in [1.807, 2.05) is 31.3 Å². The van der Waals surface area contributed by atoms with E-state index in [1.165, 1.54) is 0 Å². The van der Waals surface area contributed by atoms with Gasteiger partial charge in [0.15, 0.2) is 0 Å². The van der Waals surface area contributed by atoms with Gasteiger partial charge in [0.1, 0.15) is 0 Å². The van der Waals surface area contributed by atoms with Crippen LogP contribution in [0, 0.1) is 5.92 Å². The summed E-state index contributed by atoms with van der Waals surface area (Å²) in [6.45, 7) is 3.28. The number of benzene rings is 1. The molecule has 1 aromatic rings. The summed E-state index contributed by atoms with van der Waals surface area (Å²) in [5, 5.41) is 0. The number of nitrogens with zero attached hydrogens (tertiary/aromatic N) is 1. The minimum atomic E-state index is 0.160. The molecule has 0 fully saturated rings. The van der Waals surface area contributed by atoms with E-state index in [9.17, 15) is 4.79 Å². The second-order valence-electron chi connectivity index (χ2n) is 4.59. The zero-order valence-corrected chi connectivity index (χ0v) is 12.6. The van der Waals surface area contributed by atoms with Gasteiger partial charge in [-0.05, 0) is 30.2 Å². The second-order valence-corrected chi connectivity index (χ2v) is 5.51. The van der Waals surface area contributed by atoms with Crippen LogP contribution in [-0.2, 0) is 11.3 Å². The molecule has 0 aliphatic heterocycles. The first kappa shape index (κ1) is 15.2. The highest BCUT2D eigenvalue weighted by Gasteiger charge is 2.14. The summed E-state index contributed by atoms with van der Waals surface area (Å²) in [6.07, 6.45) is 1.49. The zero-order valence-electron chi connectivity index (χ0n) is 11.0. The summed E-state index contributed by atoms with van der Waals surface area (Å²) in [4.78, 5) is 13.8. The molecule has 0 saturated heterocycles. The van der Waals surface area contributed by atoms with Crippen molar-refractivity contribution < 1.29 is 4.79 Å². The van der Waals surface area contributed by atoms with Crippen molar-refractivity contribution in [1.29, 1.82) is 0 Å². The lowest BCUT2D eigenvalue weighted by Gasteiger charge is -2.20. The van der Waals surface area contributed by atoms with Crippen LogP contribution in [0.1, 0.15) is 25.3 Å². The van der Waals surface area contributed by atoms with Crippen LogP contribution in [0.5, 0.6) is 0 Å². The number of halogens is 1. The molecule has 0 saturated carbocycles. The molecule has 0 aromatic heterocycles. The predicted molar refractivity (Wildman–Crippen MR) is 78.1 cm³/mol. The van der Waals surface area contributed by atoms with Crippen molar-refractivity contribution >= 4 is 21.8 Å². The highest BCUT2D eigenvalue weighted by atomic mass is 79.9. The van der Waals surface area contributed by atoms with Crippen molar-refractivity contribution in [3.63, 3.8) is 0 Å². The monoisotopic (exact) mass is 312 g/mol. The van der Waals surface area contributed by atoms with Crippen LogP contribution < -0.4 is 5.73 Å². The quantitative estimate of drug-likeness (QED) is 0.878. The normalized spacial score (nSPS) is 12.2. The Morgan fingerprint density at radius 2 is 2.22 bits per heavy atom. The van der Waals surface area contributed by atoms with Crippen LogP contribution >= 0.6 is 15.9 Å². The summed E-state index contributed by atoms with van der Waals surface area (Å²) >= 11 is 3.43. The molecule has 4 heteroatoms. The Labute approximate surface area is 117 Å². The van der Waals surface area contributed by atoms with Crippen molar-refractivity contribution in [2.24, 2.45) is 11.7 Å². The molecule has 0 heterocycles. The van der Waals surface area contributed by atoms with E-state index in [-0.39, 0.29) is 5.91 Å². The van der Waals surface area contributed by atoms with Gasteiger partial charge in [0.2, 0.25) is 5.91 Å². The maximum atomic E-state index is 12.0. The van der Waals surface area contributed by atoms with Gasteiger partial charge >= 0.3 is 0 Å². The van der Waals surface area contributed by atoms with E-state index in [0.717, 1.165) is 16.5 Å². The second kappa shape index (κ2) is 7.54. The molecule has 1 unspecified atom stereocenters. The number of hydrogen-bond donors (Lipinski definition) is 1. The van der Waals surface area contributed by atoms with Gasteiger partial charge in [-0.25, -0.2) is 0 Å². The van der Waals surface area contributed by atoms with E-state index < -0.39 is 0 Å². The molecule has 2 N–H and O–H groups in total. The third-order valence-corrected chi connectivity index (χ3v) is 3.60. The van der Waals surface area contributed by atoms with Crippen molar-refractivity contribution in [1.82, 2.24) is 4.90 Å². The van der Waals surface area contributed by atoms with E-state index in [2.05, 4.69) is 22.9 Å². The number of carbonyl (C=O) groups is 1. The Kier molecular flexibility index (Phi) is 6.36. The maximum absolute atomic E-state index is 12.0. The van der Waals surface area contributed by atoms with Crippen LogP contribution in [0.15, 0.2) is 28.7 Å². The summed E-state index contributed by atoms with van der Waals surface area (Å²) in [7, 11) is 1.84. The molecular weight excluding hydrogens is 292 g/mol. The van der Waals surface area contributed by atoms with E-state index in [0.29, 0.717) is 25.4 Å². The molecule has 18 heavy (non-hydrogen) atoms. The Bertz CT molecular complexity index is 391. The fraction of sp³-hybridized carbons (Fsp3) is 0.500. The summed E-state index contributed by atoms with van der Waals surface area (Å²) in [5.74, 6) is 0.453. The van der Waals surface area contributed by atoms with Crippen molar-refractivity contribution in [3.05, 3.63) is 34.3 Å². The van der Waals surface area contributed by atoms with Gasteiger partial charge in [-0.2, -0.15) is 0 Å². The lowest BCUT2D eigenvalue weighted by Crippen LogP contribution is -2.29. The molecule has 0 bridgehead atoms. The Hall–Kier alpha value is -0.870. The van der Waals surface area contributed by atoms with Crippen molar-refractivity contribution in [2.75, 3.05) is 13.6 Å². The number of nitrogens with two attached hydrogens (primary N) is 1. The van der Waals surface area contributed by atoms with E-state index in [4.69, 9.17) is 5.73 Å². The molecule has 100 valence electrons. The largest absolute Gasteiger partial charge is 0.341 e.